The van der Waals surface area contributed by atoms with Crippen molar-refractivity contribution >= 4 is 17.8 Å². The first kappa shape index (κ1) is 18.0. The minimum atomic E-state index is -0.822. The number of likely N-dealkylation sites (tertiary alicyclic amines) is 1. The fourth-order valence-electron chi connectivity index (χ4n) is 2.84. The van der Waals surface area contributed by atoms with Gasteiger partial charge in [-0.2, -0.15) is 0 Å². The van der Waals surface area contributed by atoms with E-state index in [1.807, 2.05) is 23.1 Å². The van der Waals surface area contributed by atoms with E-state index in [1.165, 1.54) is 0 Å². The van der Waals surface area contributed by atoms with E-state index in [1.54, 1.807) is 12.1 Å². The van der Waals surface area contributed by atoms with Gasteiger partial charge in [0, 0.05) is 37.5 Å². The number of carbonyl (C=O) groups is 3. The smallest absolute Gasteiger partial charge is 0.303 e. The number of nitrogens with zero attached hydrogens (tertiary/aromatic N) is 1. The van der Waals surface area contributed by atoms with Gasteiger partial charge in [-0.05, 0) is 37.8 Å². The van der Waals surface area contributed by atoms with E-state index in [0.717, 1.165) is 12.8 Å². The Morgan fingerprint density at radius 1 is 1.04 bits per heavy atom. The standard InChI is InChI=1S/C18H24N2O4/c21-16(8-4-5-9-17(22)23)20-12-10-15(11-13-20)19-18(24)14-6-2-1-3-7-14/h1-3,6-7,15H,4-5,8-13H2,(H,19,24)(H,22,23). The summed E-state index contributed by atoms with van der Waals surface area (Å²) in [4.78, 5) is 36.5. The average molecular weight is 332 g/mol. The third-order valence-electron chi connectivity index (χ3n) is 4.25. The minimum Gasteiger partial charge on any atom is -0.481 e. The SMILES string of the molecule is O=C(O)CCCCC(=O)N1CCC(NC(=O)c2ccccc2)CC1. The average Bonchev–Trinajstić information content (AvgIpc) is 2.59. The Balaban J connectivity index is 1.68. The molecular formula is C18H24N2O4. The van der Waals surface area contributed by atoms with E-state index in [4.69, 9.17) is 5.11 Å². The highest BCUT2D eigenvalue weighted by atomic mass is 16.4. The molecule has 1 aliphatic rings. The quantitative estimate of drug-likeness (QED) is 0.748. The molecule has 130 valence electrons. The molecule has 1 fully saturated rings. The maximum atomic E-state index is 12.1. The summed E-state index contributed by atoms with van der Waals surface area (Å²) in [6.07, 6.45) is 3.15. The van der Waals surface area contributed by atoms with Crippen molar-refractivity contribution in [2.75, 3.05) is 13.1 Å². The van der Waals surface area contributed by atoms with Crippen LogP contribution in [0.2, 0.25) is 0 Å². The summed E-state index contributed by atoms with van der Waals surface area (Å²) in [7, 11) is 0. The third kappa shape index (κ3) is 5.68. The molecule has 0 aliphatic carbocycles. The second-order valence-electron chi connectivity index (χ2n) is 6.10. The van der Waals surface area contributed by atoms with E-state index in [-0.39, 0.29) is 24.3 Å². The molecule has 6 heteroatoms. The minimum absolute atomic E-state index is 0.0750. The van der Waals surface area contributed by atoms with Crippen molar-refractivity contribution in [1.82, 2.24) is 10.2 Å². The lowest BCUT2D eigenvalue weighted by atomic mass is 10.0. The van der Waals surface area contributed by atoms with Crippen LogP contribution in [-0.2, 0) is 9.59 Å². The first-order valence-corrected chi connectivity index (χ1v) is 8.42. The third-order valence-corrected chi connectivity index (χ3v) is 4.25. The molecule has 1 heterocycles. The van der Waals surface area contributed by atoms with Crippen LogP contribution in [0.25, 0.3) is 0 Å². The number of unbranched alkanes of at least 4 members (excludes halogenated alkanes) is 1. The molecule has 0 radical (unpaired) electrons. The van der Waals surface area contributed by atoms with Crippen molar-refractivity contribution < 1.29 is 19.5 Å². The number of rotatable bonds is 7. The van der Waals surface area contributed by atoms with Crippen molar-refractivity contribution in [3.05, 3.63) is 35.9 Å². The van der Waals surface area contributed by atoms with Gasteiger partial charge in [-0.25, -0.2) is 0 Å². The van der Waals surface area contributed by atoms with E-state index in [9.17, 15) is 14.4 Å². The van der Waals surface area contributed by atoms with Crippen molar-refractivity contribution in [3.8, 4) is 0 Å². The number of benzene rings is 1. The van der Waals surface area contributed by atoms with Crippen LogP contribution in [0, 0.1) is 0 Å². The fraction of sp³-hybridized carbons (Fsp3) is 0.500. The van der Waals surface area contributed by atoms with Gasteiger partial charge < -0.3 is 15.3 Å². The van der Waals surface area contributed by atoms with Crippen molar-refractivity contribution in [1.29, 1.82) is 0 Å². The number of amides is 2. The lowest BCUT2D eigenvalue weighted by Crippen LogP contribution is -2.46. The molecule has 1 aromatic carbocycles. The predicted molar refractivity (Wildman–Crippen MR) is 89.6 cm³/mol. The van der Waals surface area contributed by atoms with E-state index in [2.05, 4.69) is 5.32 Å². The Morgan fingerprint density at radius 3 is 2.29 bits per heavy atom. The number of carboxylic acid groups (broad SMARTS) is 1. The molecule has 24 heavy (non-hydrogen) atoms. The molecule has 0 unspecified atom stereocenters. The molecule has 1 saturated heterocycles. The topological polar surface area (TPSA) is 86.7 Å². The van der Waals surface area contributed by atoms with Crippen LogP contribution in [0.1, 0.15) is 48.9 Å². The zero-order valence-corrected chi connectivity index (χ0v) is 13.7. The van der Waals surface area contributed by atoms with Crippen LogP contribution in [0.5, 0.6) is 0 Å². The van der Waals surface area contributed by atoms with Gasteiger partial charge in [0.05, 0.1) is 0 Å². The Morgan fingerprint density at radius 2 is 1.67 bits per heavy atom. The molecule has 0 aromatic heterocycles. The van der Waals surface area contributed by atoms with Gasteiger partial charge in [-0.1, -0.05) is 18.2 Å². The van der Waals surface area contributed by atoms with Crippen LogP contribution in [0.4, 0.5) is 0 Å². The summed E-state index contributed by atoms with van der Waals surface area (Å²) in [6, 6.07) is 9.20. The molecule has 2 amide bonds. The van der Waals surface area contributed by atoms with Gasteiger partial charge in [-0.3, -0.25) is 14.4 Å². The van der Waals surface area contributed by atoms with Gasteiger partial charge >= 0.3 is 5.97 Å². The van der Waals surface area contributed by atoms with E-state index < -0.39 is 5.97 Å². The number of aliphatic carboxylic acids is 1. The Bertz CT molecular complexity index is 566. The normalized spacial score (nSPS) is 15.1. The first-order valence-electron chi connectivity index (χ1n) is 8.42. The molecule has 0 spiro atoms. The summed E-state index contributed by atoms with van der Waals surface area (Å²) >= 11 is 0. The van der Waals surface area contributed by atoms with Crippen LogP contribution in [0.15, 0.2) is 30.3 Å². The summed E-state index contributed by atoms with van der Waals surface area (Å²) in [5.74, 6) is -0.820. The van der Waals surface area contributed by atoms with Crippen LogP contribution in [-0.4, -0.2) is 46.9 Å². The van der Waals surface area contributed by atoms with Crippen LogP contribution < -0.4 is 5.32 Å². The maximum Gasteiger partial charge on any atom is 0.303 e. The highest BCUT2D eigenvalue weighted by molar-refractivity contribution is 5.94. The molecule has 2 N–H and O–H groups in total. The van der Waals surface area contributed by atoms with Gasteiger partial charge in [0.2, 0.25) is 5.91 Å². The van der Waals surface area contributed by atoms with E-state index >= 15 is 0 Å². The number of piperidine rings is 1. The molecule has 1 aliphatic heterocycles. The Kier molecular flexibility index (Phi) is 6.78. The lowest BCUT2D eigenvalue weighted by Gasteiger charge is -2.32. The lowest BCUT2D eigenvalue weighted by molar-refractivity contribution is -0.137. The summed E-state index contributed by atoms with van der Waals surface area (Å²) in [5.41, 5.74) is 0.648. The summed E-state index contributed by atoms with van der Waals surface area (Å²) in [5, 5.41) is 11.6. The zero-order valence-electron chi connectivity index (χ0n) is 13.7. The number of hydrogen-bond acceptors (Lipinski definition) is 3. The zero-order chi connectivity index (χ0) is 17.4. The van der Waals surface area contributed by atoms with Gasteiger partial charge in [0.15, 0.2) is 0 Å². The van der Waals surface area contributed by atoms with E-state index in [0.29, 0.717) is 37.9 Å². The highest BCUT2D eigenvalue weighted by Gasteiger charge is 2.23. The molecule has 0 atom stereocenters. The molecule has 2 rings (SSSR count). The van der Waals surface area contributed by atoms with Crippen molar-refractivity contribution in [2.24, 2.45) is 0 Å². The molecular weight excluding hydrogens is 308 g/mol. The summed E-state index contributed by atoms with van der Waals surface area (Å²) < 4.78 is 0. The maximum absolute atomic E-state index is 12.1. The van der Waals surface area contributed by atoms with Crippen molar-refractivity contribution in [3.63, 3.8) is 0 Å². The first-order chi connectivity index (χ1) is 11.6. The second-order valence-corrected chi connectivity index (χ2v) is 6.10. The predicted octanol–water partition coefficient (Wildman–Crippen LogP) is 2.05. The fourth-order valence-corrected chi connectivity index (χ4v) is 2.84. The Hall–Kier alpha value is -2.37. The molecule has 6 nitrogen and oxygen atoms in total. The summed E-state index contributed by atoms with van der Waals surface area (Å²) in [6.45, 7) is 1.27. The van der Waals surface area contributed by atoms with Crippen LogP contribution >= 0.6 is 0 Å². The molecule has 0 bridgehead atoms. The monoisotopic (exact) mass is 332 g/mol. The molecule has 1 aromatic rings. The van der Waals surface area contributed by atoms with Gasteiger partial charge in [0.25, 0.3) is 5.91 Å². The second kappa shape index (κ2) is 9.05. The van der Waals surface area contributed by atoms with Gasteiger partial charge in [-0.15, -0.1) is 0 Å². The number of carboxylic acids is 1. The number of carbonyl (C=O) groups excluding carboxylic acids is 2. The number of hydrogen-bond donors (Lipinski definition) is 2. The van der Waals surface area contributed by atoms with Crippen LogP contribution in [0.3, 0.4) is 0 Å². The largest absolute Gasteiger partial charge is 0.481 e. The number of nitrogens with one attached hydrogen (secondary N) is 1. The highest BCUT2D eigenvalue weighted by Crippen LogP contribution is 2.14. The van der Waals surface area contributed by atoms with Crippen molar-refractivity contribution in [2.45, 2.75) is 44.6 Å². The van der Waals surface area contributed by atoms with Gasteiger partial charge in [0.1, 0.15) is 0 Å². The molecule has 0 saturated carbocycles. The Labute approximate surface area is 141 Å².